The van der Waals surface area contributed by atoms with Crippen molar-refractivity contribution in [3.8, 4) is 5.75 Å². The highest BCUT2D eigenvalue weighted by atomic mass is 79.9. The van der Waals surface area contributed by atoms with Crippen LogP contribution in [0.25, 0.3) is 0 Å². The Morgan fingerprint density at radius 2 is 2.00 bits per heavy atom. The highest BCUT2D eigenvalue weighted by Gasteiger charge is 2.01. The molecule has 0 spiro atoms. The zero-order valence-corrected chi connectivity index (χ0v) is 11.2. The fourth-order valence-electron chi connectivity index (χ4n) is 1.23. The molecule has 17 heavy (non-hydrogen) atoms. The molecule has 0 aromatic heterocycles. The summed E-state index contributed by atoms with van der Waals surface area (Å²) < 4.78 is 6.30. The molecular formula is C12H17BrN2O2. The molecule has 0 radical (unpaired) electrons. The highest BCUT2D eigenvalue weighted by Crippen LogP contribution is 2.15. The normalized spacial score (nSPS) is 10.0. The second-order valence-electron chi connectivity index (χ2n) is 3.59. The lowest BCUT2D eigenvalue weighted by Gasteiger charge is -2.07. The van der Waals surface area contributed by atoms with Crippen molar-refractivity contribution in [3.05, 3.63) is 28.7 Å². The number of carbonyl (C=O) groups is 1. The summed E-state index contributed by atoms with van der Waals surface area (Å²) in [5, 5.41) is 2.77. The summed E-state index contributed by atoms with van der Waals surface area (Å²) in [5.41, 5.74) is 5.35. The Kier molecular flexibility index (Phi) is 6.65. The van der Waals surface area contributed by atoms with Crippen LogP contribution in [0.1, 0.15) is 12.8 Å². The molecule has 0 aliphatic carbocycles. The number of nitrogens with one attached hydrogen (secondary N) is 1. The second-order valence-corrected chi connectivity index (χ2v) is 4.50. The first-order valence-electron chi connectivity index (χ1n) is 5.57. The first-order chi connectivity index (χ1) is 8.22. The Bertz CT molecular complexity index is 341. The third kappa shape index (κ3) is 6.28. The number of rotatable bonds is 7. The molecule has 5 heteroatoms. The first-order valence-corrected chi connectivity index (χ1v) is 6.37. The molecule has 0 aliphatic rings. The van der Waals surface area contributed by atoms with Gasteiger partial charge in [0.25, 0.3) is 5.91 Å². The van der Waals surface area contributed by atoms with Gasteiger partial charge in [-0.15, -0.1) is 0 Å². The van der Waals surface area contributed by atoms with Crippen LogP contribution in [-0.2, 0) is 4.79 Å². The van der Waals surface area contributed by atoms with Gasteiger partial charge in [-0.2, -0.15) is 0 Å². The van der Waals surface area contributed by atoms with Gasteiger partial charge in [0.15, 0.2) is 6.61 Å². The Morgan fingerprint density at radius 1 is 1.29 bits per heavy atom. The van der Waals surface area contributed by atoms with Crippen molar-refractivity contribution in [2.45, 2.75) is 12.8 Å². The van der Waals surface area contributed by atoms with E-state index >= 15 is 0 Å². The van der Waals surface area contributed by atoms with Crippen molar-refractivity contribution in [1.82, 2.24) is 5.32 Å². The van der Waals surface area contributed by atoms with Crippen molar-refractivity contribution in [2.75, 3.05) is 19.7 Å². The number of ether oxygens (including phenoxy) is 1. The molecule has 94 valence electrons. The van der Waals surface area contributed by atoms with Crippen LogP contribution in [0, 0.1) is 0 Å². The molecule has 0 fully saturated rings. The topological polar surface area (TPSA) is 64.3 Å². The number of amides is 1. The maximum Gasteiger partial charge on any atom is 0.257 e. The van der Waals surface area contributed by atoms with E-state index in [1.165, 1.54) is 0 Å². The summed E-state index contributed by atoms with van der Waals surface area (Å²) in [4.78, 5) is 11.4. The molecule has 0 unspecified atom stereocenters. The zero-order valence-electron chi connectivity index (χ0n) is 9.62. The first kappa shape index (κ1) is 14.0. The van der Waals surface area contributed by atoms with E-state index in [1.807, 2.05) is 24.3 Å². The van der Waals surface area contributed by atoms with Gasteiger partial charge >= 0.3 is 0 Å². The molecule has 0 heterocycles. The second kappa shape index (κ2) is 8.08. The van der Waals surface area contributed by atoms with E-state index < -0.39 is 0 Å². The molecule has 1 amide bonds. The molecule has 0 aliphatic heterocycles. The van der Waals surface area contributed by atoms with E-state index in [4.69, 9.17) is 10.5 Å². The Labute approximate surface area is 110 Å². The van der Waals surface area contributed by atoms with Gasteiger partial charge in [0.2, 0.25) is 0 Å². The molecule has 0 bridgehead atoms. The van der Waals surface area contributed by atoms with Crippen molar-refractivity contribution in [2.24, 2.45) is 5.73 Å². The van der Waals surface area contributed by atoms with E-state index in [0.717, 1.165) is 17.3 Å². The number of hydrogen-bond donors (Lipinski definition) is 2. The maximum absolute atomic E-state index is 11.4. The average Bonchev–Trinajstić information content (AvgIpc) is 2.34. The van der Waals surface area contributed by atoms with E-state index in [9.17, 15) is 4.79 Å². The predicted molar refractivity (Wildman–Crippen MR) is 70.9 cm³/mol. The van der Waals surface area contributed by atoms with E-state index in [-0.39, 0.29) is 12.5 Å². The summed E-state index contributed by atoms with van der Waals surface area (Å²) in [6.07, 6.45) is 1.83. The number of benzene rings is 1. The minimum atomic E-state index is -0.107. The van der Waals surface area contributed by atoms with Crippen LogP contribution in [0.5, 0.6) is 5.75 Å². The monoisotopic (exact) mass is 300 g/mol. The van der Waals surface area contributed by atoms with Crippen LogP contribution >= 0.6 is 15.9 Å². The quantitative estimate of drug-likeness (QED) is 0.753. The summed E-state index contributed by atoms with van der Waals surface area (Å²) in [5.74, 6) is 0.579. The number of unbranched alkanes of at least 4 members (excludes halogenated alkanes) is 1. The van der Waals surface area contributed by atoms with Crippen LogP contribution < -0.4 is 15.8 Å². The third-order valence-electron chi connectivity index (χ3n) is 2.14. The largest absolute Gasteiger partial charge is 0.484 e. The van der Waals surface area contributed by atoms with Gasteiger partial charge in [-0.05, 0) is 43.7 Å². The Balaban J connectivity index is 2.17. The predicted octanol–water partition coefficient (Wildman–Crippen LogP) is 1.68. The molecule has 3 N–H and O–H groups in total. The molecule has 1 aromatic carbocycles. The molecule has 1 aromatic rings. The van der Waals surface area contributed by atoms with Gasteiger partial charge in [0, 0.05) is 11.0 Å². The van der Waals surface area contributed by atoms with Crippen LogP contribution in [0.2, 0.25) is 0 Å². The molecule has 4 nitrogen and oxygen atoms in total. The summed E-state index contributed by atoms with van der Waals surface area (Å²) in [7, 11) is 0. The van der Waals surface area contributed by atoms with Crippen LogP contribution in [-0.4, -0.2) is 25.6 Å². The van der Waals surface area contributed by atoms with Crippen molar-refractivity contribution in [1.29, 1.82) is 0 Å². The number of hydrogen-bond acceptors (Lipinski definition) is 3. The number of carbonyl (C=O) groups excluding carboxylic acids is 1. The van der Waals surface area contributed by atoms with Crippen molar-refractivity contribution in [3.63, 3.8) is 0 Å². The van der Waals surface area contributed by atoms with E-state index in [0.29, 0.717) is 18.8 Å². The average molecular weight is 301 g/mol. The fraction of sp³-hybridized carbons (Fsp3) is 0.417. The van der Waals surface area contributed by atoms with Crippen molar-refractivity contribution >= 4 is 21.8 Å². The Hall–Kier alpha value is -1.07. The van der Waals surface area contributed by atoms with Gasteiger partial charge < -0.3 is 15.8 Å². The van der Waals surface area contributed by atoms with Gasteiger partial charge in [-0.1, -0.05) is 15.9 Å². The smallest absolute Gasteiger partial charge is 0.257 e. The SMILES string of the molecule is NCCCCNC(=O)COc1ccc(Br)cc1. The third-order valence-corrected chi connectivity index (χ3v) is 2.67. The summed E-state index contributed by atoms with van der Waals surface area (Å²) in [6, 6.07) is 7.36. The summed E-state index contributed by atoms with van der Waals surface area (Å²) >= 11 is 3.33. The molecule has 0 saturated heterocycles. The standard InChI is InChI=1S/C12H17BrN2O2/c13-10-3-5-11(6-4-10)17-9-12(16)15-8-2-1-7-14/h3-6H,1-2,7-9,14H2,(H,15,16). The lowest BCUT2D eigenvalue weighted by Crippen LogP contribution is -2.29. The Morgan fingerprint density at radius 3 is 2.65 bits per heavy atom. The fourth-order valence-corrected chi connectivity index (χ4v) is 1.49. The highest BCUT2D eigenvalue weighted by molar-refractivity contribution is 9.10. The van der Waals surface area contributed by atoms with E-state index in [1.54, 1.807) is 0 Å². The minimum absolute atomic E-state index is 0.0459. The molecular weight excluding hydrogens is 284 g/mol. The lowest BCUT2D eigenvalue weighted by atomic mass is 10.3. The minimum Gasteiger partial charge on any atom is -0.484 e. The van der Waals surface area contributed by atoms with Gasteiger partial charge in [-0.3, -0.25) is 4.79 Å². The number of nitrogens with two attached hydrogens (primary N) is 1. The van der Waals surface area contributed by atoms with Gasteiger partial charge in [0.1, 0.15) is 5.75 Å². The summed E-state index contributed by atoms with van der Waals surface area (Å²) in [6.45, 7) is 1.36. The van der Waals surface area contributed by atoms with Crippen LogP contribution in [0.4, 0.5) is 0 Å². The van der Waals surface area contributed by atoms with Gasteiger partial charge in [0.05, 0.1) is 0 Å². The zero-order chi connectivity index (χ0) is 12.5. The molecule has 0 atom stereocenters. The van der Waals surface area contributed by atoms with Crippen LogP contribution in [0.3, 0.4) is 0 Å². The molecule has 0 saturated carbocycles. The molecule has 1 rings (SSSR count). The van der Waals surface area contributed by atoms with E-state index in [2.05, 4.69) is 21.2 Å². The number of halogens is 1. The van der Waals surface area contributed by atoms with Crippen LogP contribution in [0.15, 0.2) is 28.7 Å². The maximum atomic E-state index is 11.4. The van der Waals surface area contributed by atoms with Crippen molar-refractivity contribution < 1.29 is 9.53 Å². The van der Waals surface area contributed by atoms with Gasteiger partial charge in [-0.25, -0.2) is 0 Å². The lowest BCUT2D eigenvalue weighted by molar-refractivity contribution is -0.123.